The SMILES string of the molecule is COc1cc(OC)cc(Oc2ccc(C#N)cc2N)c1. The molecule has 0 heterocycles. The lowest BCUT2D eigenvalue weighted by Crippen LogP contribution is -1.94. The smallest absolute Gasteiger partial charge is 0.150 e. The van der Waals surface area contributed by atoms with Gasteiger partial charge in [-0.3, -0.25) is 0 Å². The van der Waals surface area contributed by atoms with Crippen LogP contribution in [-0.4, -0.2) is 14.2 Å². The van der Waals surface area contributed by atoms with Gasteiger partial charge in [0.1, 0.15) is 23.0 Å². The van der Waals surface area contributed by atoms with Crippen LogP contribution in [0.5, 0.6) is 23.0 Å². The molecule has 5 nitrogen and oxygen atoms in total. The zero-order valence-corrected chi connectivity index (χ0v) is 11.2. The molecule has 0 atom stereocenters. The van der Waals surface area contributed by atoms with E-state index in [2.05, 4.69) is 0 Å². The molecular formula is C15H14N2O3. The van der Waals surface area contributed by atoms with E-state index in [4.69, 9.17) is 25.2 Å². The number of hydrogen-bond acceptors (Lipinski definition) is 5. The fourth-order valence-electron chi connectivity index (χ4n) is 1.68. The molecule has 2 aromatic carbocycles. The Hall–Kier alpha value is -2.87. The van der Waals surface area contributed by atoms with Crippen molar-refractivity contribution in [2.75, 3.05) is 20.0 Å². The van der Waals surface area contributed by atoms with Crippen LogP contribution in [0.2, 0.25) is 0 Å². The molecule has 102 valence electrons. The van der Waals surface area contributed by atoms with Crippen LogP contribution in [0.4, 0.5) is 5.69 Å². The van der Waals surface area contributed by atoms with Gasteiger partial charge in [-0.25, -0.2) is 0 Å². The Balaban J connectivity index is 2.32. The van der Waals surface area contributed by atoms with E-state index < -0.39 is 0 Å². The highest BCUT2D eigenvalue weighted by Gasteiger charge is 2.07. The number of nitrogen functional groups attached to an aromatic ring is 1. The first-order chi connectivity index (χ1) is 9.66. The summed E-state index contributed by atoms with van der Waals surface area (Å²) in [5, 5.41) is 8.80. The van der Waals surface area contributed by atoms with Crippen LogP contribution in [0.3, 0.4) is 0 Å². The first-order valence-electron chi connectivity index (χ1n) is 5.87. The molecule has 2 N–H and O–H groups in total. The van der Waals surface area contributed by atoms with Crippen LogP contribution in [0.25, 0.3) is 0 Å². The lowest BCUT2D eigenvalue weighted by atomic mass is 10.2. The van der Waals surface area contributed by atoms with Crippen LogP contribution < -0.4 is 19.9 Å². The molecule has 0 fully saturated rings. The van der Waals surface area contributed by atoms with E-state index in [1.54, 1.807) is 50.6 Å². The lowest BCUT2D eigenvalue weighted by molar-refractivity contribution is 0.386. The summed E-state index contributed by atoms with van der Waals surface area (Å²) >= 11 is 0. The minimum Gasteiger partial charge on any atom is -0.496 e. The number of benzene rings is 2. The van der Waals surface area contributed by atoms with E-state index in [1.807, 2.05) is 6.07 Å². The van der Waals surface area contributed by atoms with Crippen molar-refractivity contribution >= 4 is 5.69 Å². The number of nitrogens with zero attached hydrogens (tertiary/aromatic N) is 1. The van der Waals surface area contributed by atoms with Crippen LogP contribution in [0, 0.1) is 11.3 Å². The fraction of sp³-hybridized carbons (Fsp3) is 0.133. The molecule has 0 saturated heterocycles. The summed E-state index contributed by atoms with van der Waals surface area (Å²) in [7, 11) is 3.13. The molecule has 0 aliphatic rings. The molecule has 0 spiro atoms. The number of hydrogen-bond donors (Lipinski definition) is 1. The lowest BCUT2D eigenvalue weighted by Gasteiger charge is -2.11. The Labute approximate surface area is 117 Å². The van der Waals surface area contributed by atoms with Crippen LogP contribution >= 0.6 is 0 Å². The number of nitriles is 1. The molecule has 0 aliphatic heterocycles. The third-order valence-corrected chi connectivity index (χ3v) is 2.69. The number of ether oxygens (including phenoxy) is 3. The Morgan fingerprint density at radius 2 is 1.55 bits per heavy atom. The monoisotopic (exact) mass is 270 g/mol. The zero-order chi connectivity index (χ0) is 14.5. The molecule has 0 unspecified atom stereocenters. The van der Waals surface area contributed by atoms with Crippen molar-refractivity contribution in [1.29, 1.82) is 5.26 Å². The number of rotatable bonds is 4. The molecule has 0 bridgehead atoms. The van der Waals surface area contributed by atoms with Crippen molar-refractivity contribution in [1.82, 2.24) is 0 Å². The Kier molecular flexibility index (Phi) is 3.96. The summed E-state index contributed by atoms with van der Waals surface area (Å²) in [5.74, 6) is 2.25. The summed E-state index contributed by atoms with van der Waals surface area (Å²) in [5.41, 5.74) is 6.73. The topological polar surface area (TPSA) is 77.5 Å². The predicted octanol–water partition coefficient (Wildman–Crippen LogP) is 2.95. The van der Waals surface area contributed by atoms with Crippen molar-refractivity contribution in [3.8, 4) is 29.1 Å². The molecule has 0 saturated carbocycles. The quantitative estimate of drug-likeness (QED) is 0.864. The highest BCUT2D eigenvalue weighted by molar-refractivity contribution is 5.58. The van der Waals surface area contributed by atoms with Gasteiger partial charge in [0.2, 0.25) is 0 Å². The number of methoxy groups -OCH3 is 2. The largest absolute Gasteiger partial charge is 0.496 e. The molecular weight excluding hydrogens is 256 g/mol. The van der Waals surface area contributed by atoms with Gasteiger partial charge >= 0.3 is 0 Å². The first-order valence-corrected chi connectivity index (χ1v) is 5.87. The van der Waals surface area contributed by atoms with Crippen LogP contribution in [0.15, 0.2) is 36.4 Å². The molecule has 20 heavy (non-hydrogen) atoms. The third kappa shape index (κ3) is 2.93. The van der Waals surface area contributed by atoms with Gasteiger partial charge in [0.05, 0.1) is 31.5 Å². The maximum absolute atomic E-state index is 8.80. The Morgan fingerprint density at radius 1 is 0.950 bits per heavy atom. The van der Waals surface area contributed by atoms with E-state index in [-0.39, 0.29) is 0 Å². The predicted molar refractivity (Wildman–Crippen MR) is 75.2 cm³/mol. The van der Waals surface area contributed by atoms with Gasteiger partial charge in [0, 0.05) is 18.2 Å². The minimum absolute atomic E-state index is 0.394. The summed E-state index contributed by atoms with van der Waals surface area (Å²) in [6.45, 7) is 0. The second-order valence-corrected chi connectivity index (χ2v) is 4.01. The van der Waals surface area contributed by atoms with E-state index in [1.165, 1.54) is 0 Å². The Bertz CT molecular complexity index is 640. The highest BCUT2D eigenvalue weighted by Crippen LogP contribution is 2.33. The van der Waals surface area contributed by atoms with Gasteiger partial charge in [-0.1, -0.05) is 0 Å². The van der Waals surface area contributed by atoms with Crippen molar-refractivity contribution in [3.05, 3.63) is 42.0 Å². The van der Waals surface area contributed by atoms with E-state index >= 15 is 0 Å². The molecule has 0 radical (unpaired) electrons. The zero-order valence-electron chi connectivity index (χ0n) is 11.2. The maximum atomic E-state index is 8.80. The third-order valence-electron chi connectivity index (χ3n) is 2.69. The molecule has 5 heteroatoms. The molecule has 2 rings (SSSR count). The molecule has 0 aromatic heterocycles. The van der Waals surface area contributed by atoms with Gasteiger partial charge in [-0.2, -0.15) is 5.26 Å². The summed E-state index contributed by atoms with van der Waals surface area (Å²) < 4.78 is 16.0. The Morgan fingerprint density at radius 3 is 2.05 bits per heavy atom. The summed E-state index contributed by atoms with van der Waals surface area (Å²) in [6.07, 6.45) is 0. The molecule has 0 aliphatic carbocycles. The second kappa shape index (κ2) is 5.85. The van der Waals surface area contributed by atoms with Gasteiger partial charge in [0.15, 0.2) is 0 Å². The van der Waals surface area contributed by atoms with Crippen LogP contribution in [0.1, 0.15) is 5.56 Å². The minimum atomic E-state index is 0.394. The average molecular weight is 270 g/mol. The van der Waals surface area contributed by atoms with Crippen molar-refractivity contribution in [3.63, 3.8) is 0 Å². The summed E-state index contributed by atoms with van der Waals surface area (Å²) in [6, 6.07) is 12.1. The average Bonchev–Trinajstić information content (AvgIpc) is 2.48. The maximum Gasteiger partial charge on any atom is 0.150 e. The standard InChI is InChI=1S/C15H14N2O3/c1-18-11-6-12(19-2)8-13(7-11)20-15-4-3-10(9-16)5-14(15)17/h3-8H,17H2,1-2H3. The van der Waals surface area contributed by atoms with Gasteiger partial charge in [0.25, 0.3) is 0 Å². The summed E-state index contributed by atoms with van der Waals surface area (Å²) in [4.78, 5) is 0. The number of nitrogens with two attached hydrogens (primary N) is 1. The number of anilines is 1. The molecule has 2 aromatic rings. The van der Waals surface area contributed by atoms with Gasteiger partial charge < -0.3 is 19.9 Å². The van der Waals surface area contributed by atoms with E-state index in [9.17, 15) is 0 Å². The van der Waals surface area contributed by atoms with Gasteiger partial charge in [-0.15, -0.1) is 0 Å². The van der Waals surface area contributed by atoms with Crippen molar-refractivity contribution in [2.24, 2.45) is 0 Å². The normalized spacial score (nSPS) is 9.65. The molecule has 0 amide bonds. The second-order valence-electron chi connectivity index (χ2n) is 4.01. The fourth-order valence-corrected chi connectivity index (χ4v) is 1.68. The van der Waals surface area contributed by atoms with Crippen LogP contribution in [-0.2, 0) is 0 Å². The first kappa shape index (κ1) is 13.6. The van der Waals surface area contributed by atoms with Crippen molar-refractivity contribution < 1.29 is 14.2 Å². The highest BCUT2D eigenvalue weighted by atomic mass is 16.5. The van der Waals surface area contributed by atoms with E-state index in [0.29, 0.717) is 34.2 Å². The van der Waals surface area contributed by atoms with Gasteiger partial charge in [-0.05, 0) is 18.2 Å². The van der Waals surface area contributed by atoms with E-state index in [0.717, 1.165) is 0 Å². The van der Waals surface area contributed by atoms with Crippen molar-refractivity contribution in [2.45, 2.75) is 0 Å².